The molecule has 1 atom stereocenters. The van der Waals surface area contributed by atoms with Gasteiger partial charge in [-0.15, -0.1) is 0 Å². The number of nitrogens with one attached hydrogen (secondary N) is 1. The minimum atomic E-state index is -3.71. The fraction of sp³-hybridized carbons (Fsp3) is 0.500. The van der Waals surface area contributed by atoms with E-state index in [0.717, 1.165) is 0 Å². The van der Waals surface area contributed by atoms with Gasteiger partial charge in [-0.2, -0.15) is 14.7 Å². The molecule has 0 aliphatic carbocycles. The maximum absolute atomic E-state index is 14.8. The SMILES string of the molecule is N#Cc1ccc(S(=O)(=O)N2CCC(n3ncc(NC[C@]4(F)CCCOC4)c(Cl)c3=O)CC2)cc1. The summed E-state index contributed by atoms with van der Waals surface area (Å²) in [6.45, 7) is 0.916. The van der Waals surface area contributed by atoms with E-state index in [1.807, 2.05) is 6.07 Å². The predicted molar refractivity (Wildman–Crippen MR) is 124 cm³/mol. The maximum Gasteiger partial charge on any atom is 0.287 e. The standard InChI is InChI=1S/C22H25ClFN5O4S/c23-20-19(26-14-22(24)8-1-11-33-15-22)13-27-29(21(20)30)17-6-9-28(10-7-17)34(31,32)18-4-2-16(12-25)3-5-18/h2-5,13,17,26H,1,6-11,14-15H2/t22-/m1/s1. The lowest BCUT2D eigenvalue weighted by Gasteiger charge is -2.32. The Kier molecular flexibility index (Phi) is 7.23. The lowest BCUT2D eigenvalue weighted by atomic mass is 9.99. The smallest absolute Gasteiger partial charge is 0.287 e. The van der Waals surface area contributed by atoms with Gasteiger partial charge in [0, 0.05) is 19.7 Å². The third-order valence-electron chi connectivity index (χ3n) is 6.20. The molecule has 1 N–H and O–H groups in total. The van der Waals surface area contributed by atoms with Crippen LogP contribution in [-0.4, -0.2) is 61.0 Å². The predicted octanol–water partition coefficient (Wildman–Crippen LogP) is 2.72. The summed E-state index contributed by atoms with van der Waals surface area (Å²) in [4.78, 5) is 13.0. The molecule has 1 aromatic heterocycles. The molecular formula is C22H25ClFN5O4S. The second-order valence-corrected chi connectivity index (χ2v) is 10.9. The first-order chi connectivity index (χ1) is 16.2. The molecule has 3 heterocycles. The van der Waals surface area contributed by atoms with Crippen molar-refractivity contribution in [3.63, 3.8) is 0 Å². The van der Waals surface area contributed by atoms with E-state index in [-0.39, 0.29) is 47.9 Å². The fourth-order valence-electron chi connectivity index (χ4n) is 4.22. The first-order valence-electron chi connectivity index (χ1n) is 11.0. The van der Waals surface area contributed by atoms with Crippen molar-refractivity contribution in [3.8, 4) is 6.07 Å². The number of hydrogen-bond acceptors (Lipinski definition) is 7. The van der Waals surface area contributed by atoms with Crippen molar-refractivity contribution in [2.75, 3.05) is 38.2 Å². The van der Waals surface area contributed by atoms with Crippen LogP contribution in [0.3, 0.4) is 0 Å². The molecule has 2 fully saturated rings. The number of rotatable bonds is 6. The minimum absolute atomic E-state index is 0.00787. The van der Waals surface area contributed by atoms with Crippen molar-refractivity contribution in [2.24, 2.45) is 0 Å². The molecule has 12 heteroatoms. The molecule has 1 aromatic carbocycles. The molecule has 34 heavy (non-hydrogen) atoms. The molecule has 9 nitrogen and oxygen atoms in total. The van der Waals surface area contributed by atoms with Gasteiger partial charge >= 0.3 is 0 Å². The van der Waals surface area contributed by atoms with Crippen molar-refractivity contribution >= 4 is 27.3 Å². The molecule has 0 bridgehead atoms. The molecule has 0 spiro atoms. The van der Waals surface area contributed by atoms with Crippen LogP contribution in [-0.2, 0) is 14.8 Å². The van der Waals surface area contributed by atoms with Crippen molar-refractivity contribution in [1.29, 1.82) is 5.26 Å². The van der Waals surface area contributed by atoms with Crippen molar-refractivity contribution in [2.45, 2.75) is 42.3 Å². The van der Waals surface area contributed by atoms with Crippen LogP contribution in [0.15, 0.2) is 40.2 Å². The van der Waals surface area contributed by atoms with E-state index in [1.54, 1.807) is 0 Å². The summed E-state index contributed by atoms with van der Waals surface area (Å²) in [5.74, 6) is 0. The van der Waals surface area contributed by atoms with Crippen LogP contribution >= 0.6 is 11.6 Å². The summed E-state index contributed by atoms with van der Waals surface area (Å²) in [5.41, 5.74) is -1.39. The van der Waals surface area contributed by atoms with E-state index >= 15 is 0 Å². The number of aromatic nitrogens is 2. The first kappa shape index (κ1) is 24.6. The first-order valence-corrected chi connectivity index (χ1v) is 12.8. The van der Waals surface area contributed by atoms with E-state index in [4.69, 9.17) is 21.6 Å². The fourth-order valence-corrected chi connectivity index (χ4v) is 5.89. The van der Waals surface area contributed by atoms with Crippen LogP contribution in [0.4, 0.5) is 10.1 Å². The highest BCUT2D eigenvalue weighted by atomic mass is 35.5. The van der Waals surface area contributed by atoms with Gasteiger partial charge < -0.3 is 10.1 Å². The highest BCUT2D eigenvalue weighted by molar-refractivity contribution is 7.89. The van der Waals surface area contributed by atoms with Gasteiger partial charge in [-0.3, -0.25) is 4.79 Å². The molecule has 0 amide bonds. The summed E-state index contributed by atoms with van der Waals surface area (Å²) < 4.78 is 48.4. The summed E-state index contributed by atoms with van der Waals surface area (Å²) in [6.07, 6.45) is 3.17. The summed E-state index contributed by atoms with van der Waals surface area (Å²) in [7, 11) is -3.71. The number of halogens is 2. The van der Waals surface area contributed by atoms with Gasteiger partial charge in [0.25, 0.3) is 5.56 Å². The van der Waals surface area contributed by atoms with Crippen LogP contribution < -0.4 is 10.9 Å². The summed E-state index contributed by atoms with van der Waals surface area (Å²) in [5, 5.41) is 15.9. The molecule has 2 aromatic rings. The van der Waals surface area contributed by atoms with E-state index in [0.29, 0.717) is 37.9 Å². The number of anilines is 1. The molecule has 2 saturated heterocycles. The number of sulfonamides is 1. The highest BCUT2D eigenvalue weighted by Crippen LogP contribution is 2.28. The Morgan fingerprint density at radius 2 is 2.00 bits per heavy atom. The van der Waals surface area contributed by atoms with Crippen LogP contribution in [0.25, 0.3) is 0 Å². The van der Waals surface area contributed by atoms with Crippen LogP contribution in [0, 0.1) is 11.3 Å². The Bertz CT molecular complexity index is 1230. The lowest BCUT2D eigenvalue weighted by Crippen LogP contribution is -2.42. The normalized spacial score (nSPS) is 22.3. The number of nitriles is 1. The maximum atomic E-state index is 14.8. The second-order valence-electron chi connectivity index (χ2n) is 8.55. The quantitative estimate of drug-likeness (QED) is 0.636. The van der Waals surface area contributed by atoms with Crippen LogP contribution in [0.2, 0.25) is 5.02 Å². The number of piperidine rings is 1. The van der Waals surface area contributed by atoms with E-state index in [9.17, 15) is 17.6 Å². The van der Waals surface area contributed by atoms with E-state index < -0.39 is 21.3 Å². The van der Waals surface area contributed by atoms with Gasteiger partial charge in [-0.05, 0) is 49.9 Å². The average molecular weight is 510 g/mol. The van der Waals surface area contributed by atoms with Crippen molar-refractivity contribution in [1.82, 2.24) is 14.1 Å². The van der Waals surface area contributed by atoms with Crippen molar-refractivity contribution < 1.29 is 17.5 Å². The van der Waals surface area contributed by atoms with E-state index in [2.05, 4.69) is 10.4 Å². The molecule has 4 rings (SSSR count). The molecule has 0 radical (unpaired) electrons. The number of hydrogen-bond donors (Lipinski definition) is 1. The number of alkyl halides is 1. The van der Waals surface area contributed by atoms with Gasteiger partial charge in [0.05, 0.1) is 47.6 Å². The second kappa shape index (κ2) is 10.00. The van der Waals surface area contributed by atoms with Gasteiger partial charge in [0.15, 0.2) is 5.67 Å². The van der Waals surface area contributed by atoms with E-state index in [1.165, 1.54) is 39.4 Å². The average Bonchev–Trinajstić information content (AvgIpc) is 2.85. The third-order valence-corrected chi connectivity index (χ3v) is 8.48. The van der Waals surface area contributed by atoms with Crippen LogP contribution in [0.5, 0.6) is 0 Å². The lowest BCUT2D eigenvalue weighted by molar-refractivity contribution is -0.0234. The molecule has 0 unspecified atom stereocenters. The molecule has 2 aliphatic heterocycles. The topological polar surface area (TPSA) is 117 Å². The monoisotopic (exact) mass is 509 g/mol. The highest BCUT2D eigenvalue weighted by Gasteiger charge is 2.34. The zero-order valence-corrected chi connectivity index (χ0v) is 20.0. The zero-order chi connectivity index (χ0) is 24.3. The minimum Gasteiger partial charge on any atom is -0.379 e. The number of nitrogens with zero attached hydrogens (tertiary/aromatic N) is 4. The summed E-state index contributed by atoms with van der Waals surface area (Å²) >= 11 is 6.27. The van der Waals surface area contributed by atoms with Gasteiger partial charge in [-0.25, -0.2) is 17.5 Å². The molecule has 0 saturated carbocycles. The third kappa shape index (κ3) is 5.10. The zero-order valence-electron chi connectivity index (χ0n) is 18.4. The van der Waals surface area contributed by atoms with Gasteiger partial charge in [-0.1, -0.05) is 11.6 Å². The Morgan fingerprint density at radius 3 is 2.62 bits per heavy atom. The van der Waals surface area contributed by atoms with Gasteiger partial charge in [0.2, 0.25) is 10.0 Å². The summed E-state index contributed by atoms with van der Waals surface area (Å²) in [6, 6.07) is 7.41. The largest absolute Gasteiger partial charge is 0.379 e. The Hall–Kier alpha value is -2.52. The number of benzene rings is 1. The van der Waals surface area contributed by atoms with Gasteiger partial charge in [0.1, 0.15) is 5.02 Å². The van der Waals surface area contributed by atoms with Crippen molar-refractivity contribution in [3.05, 3.63) is 51.4 Å². The van der Waals surface area contributed by atoms with Crippen LogP contribution in [0.1, 0.15) is 37.3 Å². The Morgan fingerprint density at radius 1 is 1.29 bits per heavy atom. The molecule has 2 aliphatic rings. The Labute approximate surface area is 202 Å². The molecular weight excluding hydrogens is 485 g/mol. The number of ether oxygens (including phenoxy) is 1. The molecule has 182 valence electrons. The Balaban J connectivity index is 1.41.